The Hall–Kier alpha value is -1.50. The Morgan fingerprint density at radius 1 is 1.15 bits per heavy atom. The SMILES string of the molecule is O=C(CSCc1cccc(Cl)c1)N(c1ccccc1)C1CCS(=O)(=O)C1. The van der Waals surface area contributed by atoms with Gasteiger partial charge in [-0.2, -0.15) is 0 Å². The van der Waals surface area contributed by atoms with Crippen molar-refractivity contribution in [1.82, 2.24) is 0 Å². The first-order valence-corrected chi connectivity index (χ1v) is 11.7. The van der Waals surface area contributed by atoms with E-state index in [1.165, 1.54) is 11.8 Å². The van der Waals surface area contributed by atoms with Gasteiger partial charge in [-0.1, -0.05) is 41.9 Å². The molecule has 7 heteroatoms. The van der Waals surface area contributed by atoms with Gasteiger partial charge in [-0.3, -0.25) is 4.79 Å². The molecule has 1 aliphatic heterocycles. The molecular formula is C19H20ClNO3S2. The summed E-state index contributed by atoms with van der Waals surface area (Å²) in [6.45, 7) is 0. The number of anilines is 1. The minimum Gasteiger partial charge on any atom is -0.308 e. The zero-order valence-electron chi connectivity index (χ0n) is 14.2. The molecule has 1 fully saturated rings. The van der Waals surface area contributed by atoms with E-state index in [0.29, 0.717) is 17.2 Å². The van der Waals surface area contributed by atoms with Crippen molar-refractivity contribution in [3.05, 3.63) is 65.2 Å². The number of thioether (sulfide) groups is 1. The molecule has 2 aromatic carbocycles. The molecule has 2 aromatic rings. The maximum Gasteiger partial charge on any atom is 0.237 e. The lowest BCUT2D eigenvalue weighted by atomic mass is 10.2. The van der Waals surface area contributed by atoms with Gasteiger partial charge in [0, 0.05) is 16.5 Å². The number of rotatable bonds is 6. The Bertz CT molecular complexity index is 871. The molecule has 0 bridgehead atoms. The second kappa shape index (κ2) is 8.46. The van der Waals surface area contributed by atoms with Crippen molar-refractivity contribution in [2.45, 2.75) is 18.2 Å². The number of amides is 1. The normalized spacial score (nSPS) is 18.6. The maximum atomic E-state index is 12.9. The Balaban J connectivity index is 1.69. The number of benzene rings is 2. The van der Waals surface area contributed by atoms with Gasteiger partial charge in [-0.15, -0.1) is 11.8 Å². The summed E-state index contributed by atoms with van der Waals surface area (Å²) in [6, 6.07) is 16.6. The van der Waals surface area contributed by atoms with Gasteiger partial charge >= 0.3 is 0 Å². The minimum atomic E-state index is -3.07. The fourth-order valence-corrected chi connectivity index (χ4v) is 5.82. The van der Waals surface area contributed by atoms with Crippen LogP contribution in [0.1, 0.15) is 12.0 Å². The van der Waals surface area contributed by atoms with Crippen molar-refractivity contribution in [2.75, 3.05) is 22.2 Å². The molecule has 1 atom stereocenters. The van der Waals surface area contributed by atoms with E-state index in [-0.39, 0.29) is 29.2 Å². The topological polar surface area (TPSA) is 54.5 Å². The number of sulfone groups is 1. The lowest BCUT2D eigenvalue weighted by molar-refractivity contribution is -0.116. The molecule has 0 spiro atoms. The molecule has 1 amide bonds. The fraction of sp³-hybridized carbons (Fsp3) is 0.316. The van der Waals surface area contributed by atoms with Gasteiger partial charge in [0.25, 0.3) is 0 Å². The number of halogens is 1. The summed E-state index contributed by atoms with van der Waals surface area (Å²) in [5, 5.41) is 0.677. The predicted octanol–water partition coefficient (Wildman–Crippen LogP) is 3.79. The third kappa shape index (κ3) is 5.02. The average Bonchev–Trinajstić information content (AvgIpc) is 2.96. The highest BCUT2D eigenvalue weighted by Crippen LogP contribution is 2.26. The summed E-state index contributed by atoms with van der Waals surface area (Å²) < 4.78 is 23.7. The van der Waals surface area contributed by atoms with Gasteiger partial charge in [0.2, 0.25) is 5.91 Å². The number of nitrogens with zero attached hydrogens (tertiary/aromatic N) is 1. The molecule has 0 N–H and O–H groups in total. The van der Waals surface area contributed by atoms with E-state index in [9.17, 15) is 13.2 Å². The van der Waals surface area contributed by atoms with Gasteiger partial charge in [0.1, 0.15) is 0 Å². The largest absolute Gasteiger partial charge is 0.308 e. The first-order valence-electron chi connectivity index (χ1n) is 8.34. The van der Waals surface area contributed by atoms with E-state index >= 15 is 0 Å². The molecule has 1 saturated heterocycles. The van der Waals surface area contributed by atoms with E-state index < -0.39 is 9.84 Å². The predicted molar refractivity (Wildman–Crippen MR) is 109 cm³/mol. The van der Waals surface area contributed by atoms with Gasteiger partial charge in [-0.25, -0.2) is 8.42 Å². The van der Waals surface area contributed by atoms with Crippen LogP contribution in [0, 0.1) is 0 Å². The summed E-state index contributed by atoms with van der Waals surface area (Å²) in [5.74, 6) is 1.08. The highest BCUT2D eigenvalue weighted by molar-refractivity contribution is 7.99. The molecule has 0 aromatic heterocycles. The zero-order valence-corrected chi connectivity index (χ0v) is 16.6. The summed E-state index contributed by atoms with van der Waals surface area (Å²) in [5.41, 5.74) is 1.81. The van der Waals surface area contributed by atoms with Crippen LogP contribution in [-0.2, 0) is 20.4 Å². The van der Waals surface area contributed by atoms with E-state index in [1.807, 2.05) is 54.6 Å². The summed E-state index contributed by atoms with van der Waals surface area (Å²) >= 11 is 7.49. The van der Waals surface area contributed by atoms with Crippen molar-refractivity contribution >= 4 is 44.8 Å². The molecule has 0 radical (unpaired) electrons. The monoisotopic (exact) mass is 409 g/mol. The second-order valence-electron chi connectivity index (χ2n) is 6.28. The highest BCUT2D eigenvalue weighted by Gasteiger charge is 2.35. The molecule has 1 heterocycles. The number of carbonyl (C=O) groups is 1. The van der Waals surface area contributed by atoms with Crippen LogP contribution in [0.5, 0.6) is 0 Å². The van der Waals surface area contributed by atoms with Crippen LogP contribution in [0.3, 0.4) is 0 Å². The molecule has 3 rings (SSSR count). The van der Waals surface area contributed by atoms with Crippen LogP contribution < -0.4 is 4.90 Å². The van der Waals surface area contributed by atoms with E-state index in [2.05, 4.69) is 0 Å². The van der Waals surface area contributed by atoms with Crippen LogP contribution >= 0.6 is 23.4 Å². The van der Waals surface area contributed by atoms with Crippen molar-refractivity contribution in [2.24, 2.45) is 0 Å². The summed E-state index contributed by atoms with van der Waals surface area (Å²) in [4.78, 5) is 14.5. The van der Waals surface area contributed by atoms with Crippen LogP contribution in [0.25, 0.3) is 0 Å². The summed E-state index contributed by atoms with van der Waals surface area (Å²) in [7, 11) is -3.07. The van der Waals surface area contributed by atoms with Crippen molar-refractivity contribution < 1.29 is 13.2 Å². The van der Waals surface area contributed by atoms with E-state index in [4.69, 9.17) is 11.6 Å². The molecule has 1 aliphatic rings. The van der Waals surface area contributed by atoms with Crippen LogP contribution in [0.4, 0.5) is 5.69 Å². The number of carbonyl (C=O) groups excluding carboxylic acids is 1. The molecule has 0 saturated carbocycles. The lowest BCUT2D eigenvalue weighted by Gasteiger charge is -2.28. The van der Waals surface area contributed by atoms with Crippen molar-refractivity contribution in [3.63, 3.8) is 0 Å². The average molecular weight is 410 g/mol. The van der Waals surface area contributed by atoms with E-state index in [1.54, 1.807) is 4.90 Å². The smallest absolute Gasteiger partial charge is 0.237 e. The quantitative estimate of drug-likeness (QED) is 0.728. The van der Waals surface area contributed by atoms with Gasteiger partial charge in [-0.05, 0) is 36.2 Å². The molecule has 1 unspecified atom stereocenters. The highest BCUT2D eigenvalue weighted by atomic mass is 35.5. The van der Waals surface area contributed by atoms with Gasteiger partial charge < -0.3 is 4.90 Å². The van der Waals surface area contributed by atoms with Crippen molar-refractivity contribution in [3.8, 4) is 0 Å². The van der Waals surface area contributed by atoms with E-state index in [0.717, 1.165) is 11.3 Å². The Labute approximate surface area is 163 Å². The molecule has 138 valence electrons. The molecule has 0 aliphatic carbocycles. The zero-order chi connectivity index (χ0) is 18.6. The minimum absolute atomic E-state index is 0.0343. The lowest BCUT2D eigenvalue weighted by Crippen LogP contribution is -2.42. The Morgan fingerprint density at radius 3 is 2.58 bits per heavy atom. The van der Waals surface area contributed by atoms with Crippen LogP contribution in [0.15, 0.2) is 54.6 Å². The number of hydrogen-bond donors (Lipinski definition) is 0. The van der Waals surface area contributed by atoms with Gasteiger partial charge in [0.15, 0.2) is 9.84 Å². The molecule has 26 heavy (non-hydrogen) atoms. The Morgan fingerprint density at radius 2 is 1.92 bits per heavy atom. The number of hydrogen-bond acceptors (Lipinski definition) is 4. The third-order valence-corrected chi connectivity index (χ3v) is 7.23. The number of para-hydroxylation sites is 1. The van der Waals surface area contributed by atoms with Crippen LogP contribution in [0.2, 0.25) is 5.02 Å². The maximum absolute atomic E-state index is 12.9. The Kier molecular flexibility index (Phi) is 6.27. The second-order valence-corrected chi connectivity index (χ2v) is 9.93. The molecule has 4 nitrogen and oxygen atoms in total. The van der Waals surface area contributed by atoms with Crippen molar-refractivity contribution in [1.29, 1.82) is 0 Å². The standard InChI is InChI=1S/C19H20ClNO3S2/c20-16-6-4-5-15(11-16)12-25-13-19(22)21(17-7-2-1-3-8-17)18-9-10-26(23,24)14-18/h1-8,11,18H,9-10,12-14H2. The first-order chi connectivity index (χ1) is 12.4. The fourth-order valence-electron chi connectivity index (χ4n) is 3.08. The third-order valence-electron chi connectivity index (χ3n) is 4.26. The van der Waals surface area contributed by atoms with Crippen LogP contribution in [-0.4, -0.2) is 37.6 Å². The summed E-state index contributed by atoms with van der Waals surface area (Å²) in [6.07, 6.45) is 0.488. The molecular weight excluding hydrogens is 390 g/mol. The van der Waals surface area contributed by atoms with Gasteiger partial charge in [0.05, 0.1) is 23.3 Å². The first kappa shape index (κ1) is 19.3.